The van der Waals surface area contributed by atoms with Crippen LogP contribution in [0.1, 0.15) is 26.5 Å². The largest absolute Gasteiger partial charge is 0.316 e. The van der Waals surface area contributed by atoms with Crippen LogP contribution < -0.4 is 5.32 Å². The molecule has 1 rings (SSSR count). The van der Waals surface area contributed by atoms with Crippen LogP contribution in [0.3, 0.4) is 0 Å². The van der Waals surface area contributed by atoms with E-state index in [9.17, 15) is 0 Å². The molecule has 1 aromatic rings. The second-order valence-corrected chi connectivity index (χ2v) is 4.51. The van der Waals surface area contributed by atoms with Crippen LogP contribution in [-0.2, 0) is 13.0 Å². The van der Waals surface area contributed by atoms with Crippen LogP contribution in [0.25, 0.3) is 0 Å². The van der Waals surface area contributed by atoms with Gasteiger partial charge in [-0.2, -0.15) is 5.10 Å². The molecule has 15 heavy (non-hydrogen) atoms. The minimum atomic E-state index is 0.691. The van der Waals surface area contributed by atoms with Crippen molar-refractivity contribution in [3.8, 4) is 0 Å². The molecule has 0 radical (unpaired) electrons. The van der Waals surface area contributed by atoms with Crippen molar-refractivity contribution in [2.45, 2.75) is 33.7 Å². The highest BCUT2D eigenvalue weighted by atomic mass is 35.5. The van der Waals surface area contributed by atoms with E-state index in [4.69, 9.17) is 11.6 Å². The number of nitrogens with one attached hydrogen (secondary N) is 1. The normalized spacial score (nSPS) is 11.3. The van der Waals surface area contributed by atoms with E-state index in [0.29, 0.717) is 5.92 Å². The van der Waals surface area contributed by atoms with Gasteiger partial charge in [0.1, 0.15) is 0 Å². The first-order valence-electron chi connectivity index (χ1n) is 5.56. The fourth-order valence-electron chi connectivity index (χ4n) is 1.51. The summed E-state index contributed by atoms with van der Waals surface area (Å²) in [5.41, 5.74) is 1.13. The lowest BCUT2D eigenvalue weighted by Crippen LogP contribution is -2.23. The molecule has 0 unspecified atom stereocenters. The van der Waals surface area contributed by atoms with E-state index in [1.807, 2.05) is 4.68 Å². The highest BCUT2D eigenvalue weighted by molar-refractivity contribution is 6.31. The molecule has 0 fully saturated rings. The molecule has 0 saturated heterocycles. The number of rotatable bonds is 6. The van der Waals surface area contributed by atoms with Crippen LogP contribution in [0.4, 0.5) is 0 Å². The van der Waals surface area contributed by atoms with Gasteiger partial charge in [-0.15, -0.1) is 0 Å². The Morgan fingerprint density at radius 1 is 1.53 bits per heavy atom. The Kier molecular flexibility index (Phi) is 5.12. The Bertz CT molecular complexity index is 294. The molecule has 1 aromatic heterocycles. The third-order valence-electron chi connectivity index (χ3n) is 2.29. The fourth-order valence-corrected chi connectivity index (χ4v) is 1.74. The highest BCUT2D eigenvalue weighted by Gasteiger charge is 2.06. The molecular formula is C11H20ClN3. The molecule has 3 nitrogen and oxygen atoms in total. The first-order chi connectivity index (χ1) is 7.15. The molecule has 0 aliphatic heterocycles. The van der Waals surface area contributed by atoms with Crippen molar-refractivity contribution in [3.63, 3.8) is 0 Å². The van der Waals surface area contributed by atoms with E-state index >= 15 is 0 Å². The average Bonchev–Trinajstić information content (AvgIpc) is 2.54. The van der Waals surface area contributed by atoms with Crippen molar-refractivity contribution < 1.29 is 0 Å². The monoisotopic (exact) mass is 229 g/mol. The Morgan fingerprint density at radius 2 is 2.27 bits per heavy atom. The minimum Gasteiger partial charge on any atom is -0.316 e. The topological polar surface area (TPSA) is 29.9 Å². The summed E-state index contributed by atoms with van der Waals surface area (Å²) in [6, 6.07) is 0. The summed E-state index contributed by atoms with van der Waals surface area (Å²) in [7, 11) is 0. The lowest BCUT2D eigenvalue weighted by atomic mass is 10.2. The summed E-state index contributed by atoms with van der Waals surface area (Å²) >= 11 is 6.05. The first kappa shape index (κ1) is 12.5. The summed E-state index contributed by atoms with van der Waals surface area (Å²) < 4.78 is 1.96. The lowest BCUT2D eigenvalue weighted by Gasteiger charge is -2.08. The molecule has 4 heteroatoms. The van der Waals surface area contributed by atoms with Crippen molar-refractivity contribution in [2.24, 2.45) is 5.92 Å². The summed E-state index contributed by atoms with van der Waals surface area (Å²) in [5, 5.41) is 8.39. The summed E-state index contributed by atoms with van der Waals surface area (Å²) in [5.74, 6) is 0.691. The molecule has 0 atom stereocenters. The Hall–Kier alpha value is -0.540. The number of halogens is 1. The van der Waals surface area contributed by atoms with E-state index in [0.717, 1.165) is 36.8 Å². The average molecular weight is 230 g/mol. The molecule has 1 heterocycles. The van der Waals surface area contributed by atoms with Gasteiger partial charge in [-0.3, -0.25) is 4.68 Å². The van der Waals surface area contributed by atoms with Crippen LogP contribution in [0.2, 0.25) is 5.02 Å². The third-order valence-corrected chi connectivity index (χ3v) is 2.60. The van der Waals surface area contributed by atoms with Gasteiger partial charge in [0.25, 0.3) is 0 Å². The number of hydrogen-bond acceptors (Lipinski definition) is 2. The maximum Gasteiger partial charge on any atom is 0.0818 e. The third kappa shape index (κ3) is 3.84. The van der Waals surface area contributed by atoms with E-state index in [-0.39, 0.29) is 0 Å². The van der Waals surface area contributed by atoms with Gasteiger partial charge in [-0.1, -0.05) is 25.4 Å². The molecule has 0 aliphatic rings. The van der Waals surface area contributed by atoms with Gasteiger partial charge in [0, 0.05) is 19.5 Å². The quantitative estimate of drug-likeness (QED) is 0.759. The summed E-state index contributed by atoms with van der Waals surface area (Å²) in [4.78, 5) is 0. The Labute approximate surface area is 96.8 Å². The highest BCUT2D eigenvalue weighted by Crippen LogP contribution is 2.15. The van der Waals surface area contributed by atoms with Gasteiger partial charge in [-0.25, -0.2) is 0 Å². The van der Waals surface area contributed by atoms with Crippen LogP contribution in [-0.4, -0.2) is 22.9 Å². The van der Waals surface area contributed by atoms with Crippen molar-refractivity contribution in [1.29, 1.82) is 0 Å². The number of nitrogens with zero attached hydrogens (tertiary/aromatic N) is 2. The number of hydrogen-bond donors (Lipinski definition) is 1. The molecule has 0 bridgehead atoms. The van der Waals surface area contributed by atoms with Crippen molar-refractivity contribution in [3.05, 3.63) is 16.9 Å². The van der Waals surface area contributed by atoms with E-state index < -0.39 is 0 Å². The fraction of sp³-hybridized carbons (Fsp3) is 0.727. The predicted molar refractivity (Wildman–Crippen MR) is 64.3 cm³/mol. The van der Waals surface area contributed by atoms with Gasteiger partial charge in [0.15, 0.2) is 0 Å². The standard InChI is InChI=1S/C11H20ClN3/c1-4-15-11(10(12)8-14-15)5-6-13-7-9(2)3/h8-9,13H,4-7H2,1-3H3. The van der Waals surface area contributed by atoms with Gasteiger partial charge in [0.2, 0.25) is 0 Å². The van der Waals surface area contributed by atoms with Crippen LogP contribution in [0, 0.1) is 5.92 Å². The first-order valence-corrected chi connectivity index (χ1v) is 5.93. The van der Waals surface area contributed by atoms with E-state index in [2.05, 4.69) is 31.2 Å². The Balaban J connectivity index is 2.39. The van der Waals surface area contributed by atoms with E-state index in [1.54, 1.807) is 6.20 Å². The lowest BCUT2D eigenvalue weighted by molar-refractivity contribution is 0.541. The predicted octanol–water partition coefficient (Wildman–Crippen LogP) is 2.34. The number of aromatic nitrogens is 2. The zero-order chi connectivity index (χ0) is 11.3. The molecule has 0 aromatic carbocycles. The van der Waals surface area contributed by atoms with E-state index in [1.165, 1.54) is 0 Å². The summed E-state index contributed by atoms with van der Waals surface area (Å²) in [6.07, 6.45) is 2.67. The summed E-state index contributed by atoms with van der Waals surface area (Å²) in [6.45, 7) is 9.38. The molecule has 0 amide bonds. The molecule has 86 valence electrons. The zero-order valence-electron chi connectivity index (χ0n) is 9.76. The molecular weight excluding hydrogens is 210 g/mol. The maximum absolute atomic E-state index is 6.05. The maximum atomic E-state index is 6.05. The molecule has 1 N–H and O–H groups in total. The van der Waals surface area contributed by atoms with Gasteiger partial charge >= 0.3 is 0 Å². The Morgan fingerprint density at radius 3 is 2.87 bits per heavy atom. The molecule has 0 saturated carbocycles. The van der Waals surface area contributed by atoms with Crippen LogP contribution >= 0.6 is 11.6 Å². The number of aryl methyl sites for hydroxylation is 1. The minimum absolute atomic E-state index is 0.691. The molecule has 0 spiro atoms. The van der Waals surface area contributed by atoms with Crippen LogP contribution in [0.15, 0.2) is 6.20 Å². The van der Waals surface area contributed by atoms with Crippen molar-refractivity contribution >= 4 is 11.6 Å². The van der Waals surface area contributed by atoms with Crippen molar-refractivity contribution in [2.75, 3.05) is 13.1 Å². The second-order valence-electron chi connectivity index (χ2n) is 4.10. The van der Waals surface area contributed by atoms with Crippen molar-refractivity contribution in [1.82, 2.24) is 15.1 Å². The smallest absolute Gasteiger partial charge is 0.0818 e. The van der Waals surface area contributed by atoms with Gasteiger partial charge in [0.05, 0.1) is 16.9 Å². The van der Waals surface area contributed by atoms with Gasteiger partial charge < -0.3 is 5.32 Å². The molecule has 0 aliphatic carbocycles. The SMILES string of the molecule is CCn1ncc(Cl)c1CCNCC(C)C. The van der Waals surface area contributed by atoms with Crippen LogP contribution in [0.5, 0.6) is 0 Å². The zero-order valence-corrected chi connectivity index (χ0v) is 10.5. The van der Waals surface area contributed by atoms with Gasteiger partial charge in [-0.05, 0) is 19.4 Å². The second kappa shape index (κ2) is 6.13.